The van der Waals surface area contributed by atoms with Gasteiger partial charge in [0, 0.05) is 0 Å². The number of amides is 1. The predicted molar refractivity (Wildman–Crippen MR) is 115 cm³/mol. The highest BCUT2D eigenvalue weighted by Gasteiger charge is 2.32. The van der Waals surface area contributed by atoms with E-state index < -0.39 is 58.1 Å². The molecule has 31 heavy (non-hydrogen) atoms. The number of nitrogens with two attached hydrogens (primary N) is 2. The van der Waals surface area contributed by atoms with Gasteiger partial charge < -0.3 is 21.5 Å². The van der Waals surface area contributed by atoms with Crippen LogP contribution in [-0.2, 0) is 24.5 Å². The number of rotatable bonds is 18. The van der Waals surface area contributed by atoms with Crippen molar-refractivity contribution >= 4 is 27.6 Å². The molecule has 0 rings (SSSR count). The zero-order valence-corrected chi connectivity index (χ0v) is 19.0. The largest absolute Gasteiger partial charge is 0.394 e. The molecular formula is C18H37N5O7S. The first kappa shape index (κ1) is 29.5. The predicted octanol–water partition coefficient (Wildman–Crippen LogP) is -2.16. The van der Waals surface area contributed by atoms with Crippen molar-refractivity contribution in [3.63, 3.8) is 0 Å². The van der Waals surface area contributed by atoms with Crippen LogP contribution in [0.25, 0.3) is 0 Å². The number of carbonyl (C=O) groups is 3. The summed E-state index contributed by atoms with van der Waals surface area (Å²) in [5.74, 6) is 2.74. The van der Waals surface area contributed by atoms with Crippen LogP contribution in [0.5, 0.6) is 0 Å². The molecule has 0 unspecified atom stereocenters. The van der Waals surface area contributed by atoms with Gasteiger partial charge in [-0.15, -0.1) is 0 Å². The smallest absolute Gasteiger partial charge is 0.264 e. The fourth-order valence-corrected chi connectivity index (χ4v) is 3.38. The second kappa shape index (κ2) is 15.3. The highest BCUT2D eigenvalue weighted by atomic mass is 32.2. The van der Waals surface area contributed by atoms with Gasteiger partial charge in [0.05, 0.1) is 30.5 Å². The van der Waals surface area contributed by atoms with Crippen LogP contribution in [0.1, 0.15) is 46.0 Å². The molecule has 0 spiro atoms. The number of hydrogen-bond acceptors (Lipinski definition) is 10. The highest BCUT2D eigenvalue weighted by Crippen LogP contribution is 2.08. The van der Waals surface area contributed by atoms with Crippen LogP contribution in [0.2, 0.25) is 0 Å². The lowest BCUT2D eigenvalue weighted by molar-refractivity contribution is -0.140. The van der Waals surface area contributed by atoms with Gasteiger partial charge in [0.25, 0.3) is 10.1 Å². The van der Waals surface area contributed by atoms with Crippen molar-refractivity contribution in [1.29, 1.82) is 0 Å². The molecule has 1 amide bonds. The Labute approximate surface area is 183 Å². The topological polar surface area (TPSA) is 214 Å². The van der Waals surface area contributed by atoms with Crippen molar-refractivity contribution in [2.75, 3.05) is 25.4 Å². The maximum absolute atomic E-state index is 12.8. The van der Waals surface area contributed by atoms with Gasteiger partial charge in [0.1, 0.15) is 0 Å². The van der Waals surface area contributed by atoms with Gasteiger partial charge in [-0.3, -0.25) is 24.8 Å². The van der Waals surface area contributed by atoms with E-state index in [1.807, 2.05) is 13.8 Å². The van der Waals surface area contributed by atoms with Crippen molar-refractivity contribution in [2.24, 2.45) is 17.5 Å². The summed E-state index contributed by atoms with van der Waals surface area (Å²) in [6, 6.07) is -3.11. The molecule has 0 aromatic rings. The number of hydrogen-bond donors (Lipinski definition) is 7. The Kier molecular flexibility index (Phi) is 14.6. The van der Waals surface area contributed by atoms with Crippen molar-refractivity contribution in [3.05, 3.63) is 0 Å². The summed E-state index contributed by atoms with van der Waals surface area (Å²) in [7, 11) is -4.15. The molecule has 182 valence electrons. The molecular weight excluding hydrogens is 430 g/mol. The van der Waals surface area contributed by atoms with Crippen LogP contribution < -0.4 is 27.6 Å². The molecule has 12 nitrogen and oxygen atoms in total. The third kappa shape index (κ3) is 12.8. The molecule has 0 aromatic heterocycles. The molecule has 0 aliphatic rings. The molecule has 0 radical (unpaired) electrons. The Morgan fingerprint density at radius 1 is 1.00 bits per heavy atom. The lowest BCUT2D eigenvalue weighted by Gasteiger charge is -2.23. The molecule has 0 aliphatic carbocycles. The average Bonchev–Trinajstić information content (AvgIpc) is 2.69. The van der Waals surface area contributed by atoms with Gasteiger partial charge in [0.15, 0.2) is 0 Å². The van der Waals surface area contributed by atoms with Crippen molar-refractivity contribution in [2.45, 2.75) is 64.1 Å². The van der Waals surface area contributed by atoms with Crippen LogP contribution in [0.15, 0.2) is 0 Å². The Balaban J connectivity index is 5.16. The number of Topliss-reactive ketones (excluding diaryl/α,β-unsaturated/α-hetero) is 2. The minimum atomic E-state index is -4.15. The van der Waals surface area contributed by atoms with Gasteiger partial charge in [-0.05, 0) is 51.1 Å². The van der Waals surface area contributed by atoms with Gasteiger partial charge >= 0.3 is 0 Å². The molecule has 0 bridgehead atoms. The summed E-state index contributed by atoms with van der Waals surface area (Å²) in [5, 5.41) is 14.6. The zero-order valence-electron chi connectivity index (χ0n) is 18.2. The van der Waals surface area contributed by atoms with Gasteiger partial charge in [-0.2, -0.15) is 8.42 Å². The van der Waals surface area contributed by atoms with Gasteiger partial charge in [0.2, 0.25) is 17.5 Å². The van der Waals surface area contributed by atoms with Crippen LogP contribution in [-0.4, -0.2) is 79.1 Å². The number of ketones is 2. The second-order valence-electron chi connectivity index (χ2n) is 7.75. The van der Waals surface area contributed by atoms with E-state index in [4.69, 9.17) is 16.1 Å². The minimum Gasteiger partial charge on any atom is -0.394 e. The van der Waals surface area contributed by atoms with Gasteiger partial charge in [-0.25, -0.2) is 5.43 Å². The number of unbranched alkanes of at least 4 members (excludes halogenated alkanes) is 1. The summed E-state index contributed by atoms with van der Waals surface area (Å²) in [5.41, 5.74) is 7.88. The van der Waals surface area contributed by atoms with Crippen molar-refractivity contribution in [1.82, 2.24) is 16.1 Å². The van der Waals surface area contributed by atoms with E-state index in [0.717, 1.165) is 0 Å². The van der Waals surface area contributed by atoms with E-state index in [9.17, 15) is 27.9 Å². The quantitative estimate of drug-likeness (QED) is 0.0379. The monoisotopic (exact) mass is 467 g/mol. The van der Waals surface area contributed by atoms with Crippen LogP contribution >= 0.6 is 0 Å². The van der Waals surface area contributed by atoms with Gasteiger partial charge in [-0.1, -0.05) is 13.8 Å². The summed E-state index contributed by atoms with van der Waals surface area (Å²) in [6.45, 7) is 3.48. The minimum absolute atomic E-state index is 0.0213. The molecule has 0 fully saturated rings. The SMILES string of the molecule is CC(C)C[C@H](NN)C(=O)N[C@@H](CCCCN)C(=O)C(=O)[C@H](CO)NCCCS(=O)(=O)O. The third-order valence-electron chi connectivity index (χ3n) is 4.52. The fraction of sp³-hybridized carbons (Fsp3) is 0.833. The van der Waals surface area contributed by atoms with Crippen LogP contribution in [0.3, 0.4) is 0 Å². The van der Waals surface area contributed by atoms with E-state index in [-0.39, 0.29) is 25.3 Å². The fourth-order valence-electron chi connectivity index (χ4n) is 2.87. The summed E-state index contributed by atoms with van der Waals surface area (Å²) in [6.07, 6.45) is 1.68. The summed E-state index contributed by atoms with van der Waals surface area (Å²) < 4.78 is 30.2. The zero-order chi connectivity index (χ0) is 24.0. The van der Waals surface area contributed by atoms with Crippen LogP contribution in [0.4, 0.5) is 0 Å². The molecule has 13 heteroatoms. The third-order valence-corrected chi connectivity index (χ3v) is 5.32. The van der Waals surface area contributed by atoms with Crippen LogP contribution in [0, 0.1) is 5.92 Å². The Hall–Kier alpha value is -1.48. The van der Waals surface area contributed by atoms with E-state index >= 15 is 0 Å². The number of hydrazine groups is 1. The molecule has 0 aromatic carbocycles. The maximum Gasteiger partial charge on any atom is 0.264 e. The van der Waals surface area contributed by atoms with Crippen molar-refractivity contribution < 1.29 is 32.5 Å². The standard InChI is InChI=1S/C18H37N5O7S/c1-12(2)10-14(23-20)18(27)22-13(6-3-4-7-19)16(25)17(26)15(11-24)21-8-5-9-31(28,29)30/h12-15,21,23-24H,3-11,19-20H2,1-2H3,(H,22,27)(H,28,29,30)/t13-,14-,15-/m0/s1. The number of nitrogens with one attached hydrogen (secondary N) is 3. The number of aliphatic hydroxyl groups excluding tert-OH is 1. The molecule has 3 atom stereocenters. The van der Waals surface area contributed by atoms with Crippen molar-refractivity contribution in [3.8, 4) is 0 Å². The number of carbonyl (C=O) groups excluding carboxylic acids is 3. The Morgan fingerprint density at radius 2 is 1.61 bits per heavy atom. The molecule has 0 aliphatic heterocycles. The maximum atomic E-state index is 12.8. The lowest BCUT2D eigenvalue weighted by Crippen LogP contribution is -2.55. The Bertz CT molecular complexity index is 672. The first-order chi connectivity index (χ1) is 14.5. The van der Waals surface area contributed by atoms with E-state index in [1.165, 1.54) is 0 Å². The van der Waals surface area contributed by atoms with E-state index in [0.29, 0.717) is 25.8 Å². The molecule has 0 saturated carbocycles. The molecule has 9 N–H and O–H groups in total. The summed E-state index contributed by atoms with van der Waals surface area (Å²) in [4.78, 5) is 37.9. The highest BCUT2D eigenvalue weighted by molar-refractivity contribution is 7.85. The summed E-state index contributed by atoms with van der Waals surface area (Å²) >= 11 is 0. The first-order valence-electron chi connectivity index (χ1n) is 10.3. The van der Waals surface area contributed by atoms with E-state index in [2.05, 4.69) is 16.1 Å². The average molecular weight is 468 g/mol. The Morgan fingerprint density at radius 3 is 2.10 bits per heavy atom. The lowest BCUT2D eigenvalue weighted by atomic mass is 9.97. The first-order valence-corrected chi connectivity index (χ1v) is 11.9. The van der Waals surface area contributed by atoms with E-state index in [1.54, 1.807) is 0 Å². The molecule has 0 heterocycles. The molecule has 0 saturated heterocycles. The normalized spacial score (nSPS) is 14.8. The second-order valence-corrected chi connectivity index (χ2v) is 9.32. The number of aliphatic hydroxyl groups is 1.